The summed E-state index contributed by atoms with van der Waals surface area (Å²) in [5.74, 6) is -2.71. The van der Waals surface area contributed by atoms with Crippen molar-refractivity contribution in [3.8, 4) is 33.9 Å². The predicted octanol–water partition coefficient (Wildman–Crippen LogP) is 5.61. The molecular formula is C28H21F3N8. The SMILES string of the molecule is Fc1cc(-c2cncc(CN3CCC(F)(F)C3)c2)cc2c(-c3nc4nccc(-c5ccccn5)c4[nH]3)[nH]nc12. The molecule has 2 N–H and O–H groups in total. The summed E-state index contributed by atoms with van der Waals surface area (Å²) in [6.07, 6.45) is 6.52. The lowest BCUT2D eigenvalue weighted by molar-refractivity contribution is 0.0115. The highest BCUT2D eigenvalue weighted by Crippen LogP contribution is 2.34. The largest absolute Gasteiger partial charge is 0.335 e. The minimum Gasteiger partial charge on any atom is -0.335 e. The van der Waals surface area contributed by atoms with Crippen LogP contribution in [0.2, 0.25) is 0 Å². The molecule has 11 heteroatoms. The smallest absolute Gasteiger partial charge is 0.261 e. The van der Waals surface area contributed by atoms with Gasteiger partial charge in [0.15, 0.2) is 17.3 Å². The number of hydrogen-bond donors (Lipinski definition) is 2. The monoisotopic (exact) mass is 526 g/mol. The molecule has 0 radical (unpaired) electrons. The standard InChI is InChI=1S/C28H21F3N8/c29-21-11-17(18-9-16(12-32-13-18)14-39-8-5-28(30,31)15-39)10-20-23(21)37-38-25(20)27-35-24-19(4-7-34-26(24)36-27)22-3-1-2-6-33-22/h1-4,6-7,9-13H,5,8,14-15H2,(H,37,38)(H,34,35,36). The number of hydrogen-bond acceptors (Lipinski definition) is 6. The molecule has 6 aromatic rings. The number of pyridine rings is 3. The maximum atomic E-state index is 15.2. The van der Waals surface area contributed by atoms with Gasteiger partial charge in [-0.3, -0.25) is 20.0 Å². The molecule has 1 fully saturated rings. The number of imidazole rings is 1. The maximum Gasteiger partial charge on any atom is 0.261 e. The van der Waals surface area contributed by atoms with E-state index in [4.69, 9.17) is 0 Å². The van der Waals surface area contributed by atoms with E-state index in [1.54, 1.807) is 29.7 Å². The molecule has 39 heavy (non-hydrogen) atoms. The predicted molar refractivity (Wildman–Crippen MR) is 140 cm³/mol. The number of nitrogens with zero attached hydrogens (tertiary/aromatic N) is 6. The normalized spacial score (nSPS) is 15.5. The molecule has 1 aliphatic heterocycles. The van der Waals surface area contributed by atoms with Gasteiger partial charge in [-0.05, 0) is 47.5 Å². The Labute approximate surface area is 220 Å². The Balaban J connectivity index is 1.27. The number of fused-ring (bicyclic) bond motifs is 2. The van der Waals surface area contributed by atoms with Crippen LogP contribution < -0.4 is 0 Å². The summed E-state index contributed by atoms with van der Waals surface area (Å²) in [6, 6.07) is 12.6. The van der Waals surface area contributed by atoms with Gasteiger partial charge >= 0.3 is 0 Å². The number of H-pyrrole nitrogens is 2. The Bertz CT molecular complexity index is 1830. The second-order valence-corrected chi connectivity index (χ2v) is 9.71. The second-order valence-electron chi connectivity index (χ2n) is 9.71. The summed E-state index contributed by atoms with van der Waals surface area (Å²) in [4.78, 5) is 22.8. The molecule has 1 saturated heterocycles. The Morgan fingerprint density at radius 1 is 1.00 bits per heavy atom. The molecule has 5 aromatic heterocycles. The van der Waals surface area contributed by atoms with E-state index in [2.05, 4.69) is 35.1 Å². The quantitative estimate of drug-likeness (QED) is 0.303. The molecule has 1 aliphatic rings. The van der Waals surface area contributed by atoms with Crippen LogP contribution in [0.4, 0.5) is 13.2 Å². The summed E-state index contributed by atoms with van der Waals surface area (Å²) >= 11 is 0. The fourth-order valence-corrected chi connectivity index (χ4v) is 5.12. The molecule has 0 bridgehead atoms. The van der Waals surface area contributed by atoms with Crippen molar-refractivity contribution < 1.29 is 13.2 Å². The highest BCUT2D eigenvalue weighted by atomic mass is 19.3. The van der Waals surface area contributed by atoms with Crippen LogP contribution in [0.1, 0.15) is 12.0 Å². The number of halogens is 3. The Kier molecular flexibility index (Phi) is 5.41. The van der Waals surface area contributed by atoms with E-state index >= 15 is 4.39 Å². The first-order valence-electron chi connectivity index (χ1n) is 12.4. The summed E-state index contributed by atoms with van der Waals surface area (Å²) in [6.45, 7) is 0.401. The van der Waals surface area contributed by atoms with Gasteiger partial charge in [-0.2, -0.15) is 5.10 Å². The highest BCUT2D eigenvalue weighted by Gasteiger charge is 2.37. The first-order valence-corrected chi connectivity index (χ1v) is 12.4. The van der Waals surface area contributed by atoms with Crippen molar-refractivity contribution in [3.05, 3.63) is 78.6 Å². The van der Waals surface area contributed by atoms with E-state index < -0.39 is 11.7 Å². The van der Waals surface area contributed by atoms with Crippen LogP contribution in [0.25, 0.3) is 56.0 Å². The van der Waals surface area contributed by atoms with Gasteiger partial charge in [-0.15, -0.1) is 0 Å². The number of rotatable bonds is 5. The van der Waals surface area contributed by atoms with Gasteiger partial charge in [0.1, 0.15) is 11.2 Å². The summed E-state index contributed by atoms with van der Waals surface area (Å²) < 4.78 is 42.5. The number of aromatic nitrogens is 7. The Morgan fingerprint density at radius 2 is 1.92 bits per heavy atom. The van der Waals surface area contributed by atoms with Crippen LogP contribution in [-0.4, -0.2) is 59.0 Å². The molecule has 0 amide bonds. The lowest BCUT2D eigenvalue weighted by atomic mass is 10.0. The Morgan fingerprint density at radius 3 is 2.74 bits per heavy atom. The average molecular weight is 527 g/mol. The Hall–Kier alpha value is -4.64. The lowest BCUT2D eigenvalue weighted by Gasteiger charge is -2.15. The van der Waals surface area contributed by atoms with Gasteiger partial charge < -0.3 is 4.98 Å². The molecule has 8 nitrogen and oxygen atoms in total. The third-order valence-corrected chi connectivity index (χ3v) is 6.97. The van der Waals surface area contributed by atoms with E-state index in [-0.39, 0.29) is 18.5 Å². The van der Waals surface area contributed by atoms with Crippen LogP contribution in [0.3, 0.4) is 0 Å². The van der Waals surface area contributed by atoms with Gasteiger partial charge in [-0.25, -0.2) is 23.1 Å². The van der Waals surface area contributed by atoms with Gasteiger partial charge in [-0.1, -0.05) is 6.07 Å². The van der Waals surface area contributed by atoms with Crippen LogP contribution in [0.15, 0.2) is 67.3 Å². The molecule has 7 rings (SSSR count). The van der Waals surface area contributed by atoms with Crippen LogP contribution >= 0.6 is 0 Å². The van der Waals surface area contributed by atoms with Crippen molar-refractivity contribution in [2.75, 3.05) is 13.1 Å². The average Bonchev–Trinajstić information content (AvgIpc) is 3.65. The molecular weight excluding hydrogens is 505 g/mol. The zero-order chi connectivity index (χ0) is 26.6. The number of likely N-dealkylation sites (tertiary alicyclic amines) is 1. The first-order chi connectivity index (χ1) is 18.9. The lowest BCUT2D eigenvalue weighted by Crippen LogP contribution is -2.24. The fourth-order valence-electron chi connectivity index (χ4n) is 5.12. The molecule has 0 atom stereocenters. The van der Waals surface area contributed by atoms with Gasteiger partial charge in [0, 0.05) is 60.8 Å². The van der Waals surface area contributed by atoms with Gasteiger partial charge in [0.25, 0.3) is 5.92 Å². The molecule has 194 valence electrons. The van der Waals surface area contributed by atoms with E-state index in [1.165, 1.54) is 6.07 Å². The maximum absolute atomic E-state index is 15.2. The number of alkyl halides is 2. The van der Waals surface area contributed by atoms with E-state index in [0.29, 0.717) is 52.3 Å². The van der Waals surface area contributed by atoms with Crippen LogP contribution in [0.5, 0.6) is 0 Å². The summed E-state index contributed by atoms with van der Waals surface area (Å²) in [7, 11) is 0. The van der Waals surface area contributed by atoms with E-state index in [9.17, 15) is 8.78 Å². The molecule has 1 aromatic carbocycles. The minimum atomic E-state index is -2.67. The van der Waals surface area contributed by atoms with Crippen molar-refractivity contribution in [2.24, 2.45) is 0 Å². The summed E-state index contributed by atoms with van der Waals surface area (Å²) in [5.41, 5.74) is 5.55. The molecule has 0 spiro atoms. The van der Waals surface area contributed by atoms with Crippen LogP contribution in [-0.2, 0) is 6.54 Å². The van der Waals surface area contributed by atoms with Gasteiger partial charge in [0.05, 0.1) is 17.8 Å². The van der Waals surface area contributed by atoms with Gasteiger partial charge in [0.2, 0.25) is 0 Å². The number of nitrogens with one attached hydrogen (secondary N) is 2. The van der Waals surface area contributed by atoms with Crippen molar-refractivity contribution in [2.45, 2.75) is 18.9 Å². The fraction of sp³-hybridized carbons (Fsp3) is 0.179. The van der Waals surface area contributed by atoms with E-state index in [0.717, 1.165) is 16.8 Å². The van der Waals surface area contributed by atoms with Crippen molar-refractivity contribution >= 4 is 22.1 Å². The topological polar surface area (TPSA) is 99.3 Å². The first kappa shape index (κ1) is 23.5. The highest BCUT2D eigenvalue weighted by molar-refractivity contribution is 5.97. The molecule has 6 heterocycles. The van der Waals surface area contributed by atoms with Crippen molar-refractivity contribution in [1.82, 2.24) is 40.0 Å². The molecule has 0 unspecified atom stereocenters. The third kappa shape index (κ3) is 4.30. The zero-order valence-corrected chi connectivity index (χ0v) is 20.5. The summed E-state index contributed by atoms with van der Waals surface area (Å²) in [5, 5.41) is 7.65. The van der Waals surface area contributed by atoms with E-state index in [1.807, 2.05) is 36.4 Å². The molecule has 0 saturated carbocycles. The number of aromatic amines is 2. The van der Waals surface area contributed by atoms with Crippen molar-refractivity contribution in [3.63, 3.8) is 0 Å². The van der Waals surface area contributed by atoms with Crippen LogP contribution in [0, 0.1) is 5.82 Å². The molecule has 0 aliphatic carbocycles. The van der Waals surface area contributed by atoms with Crippen molar-refractivity contribution in [1.29, 1.82) is 0 Å². The minimum absolute atomic E-state index is 0.147. The third-order valence-electron chi connectivity index (χ3n) is 6.97. The zero-order valence-electron chi connectivity index (χ0n) is 20.5. The number of benzene rings is 1. The second kappa shape index (κ2) is 8.98.